The van der Waals surface area contributed by atoms with E-state index in [2.05, 4.69) is 0 Å². The maximum atomic E-state index is 11.4. The van der Waals surface area contributed by atoms with Gasteiger partial charge in [-0.2, -0.15) is 0 Å². The quantitative estimate of drug-likeness (QED) is 0.343. The van der Waals surface area contributed by atoms with E-state index in [-0.39, 0.29) is 42.4 Å². The second-order valence-electron chi connectivity index (χ2n) is 7.08. The molecule has 0 saturated carbocycles. The number of unbranched alkanes of at least 4 members (excludes halogenated alkanes) is 1. The van der Waals surface area contributed by atoms with E-state index in [1.807, 2.05) is 54.6 Å². The molecule has 0 saturated heterocycles. The summed E-state index contributed by atoms with van der Waals surface area (Å²) in [7, 11) is 0. The molecule has 32 heavy (non-hydrogen) atoms. The number of carboxylic acid groups (broad SMARTS) is 1. The molecule has 0 spiro atoms. The number of carbonyl (C=O) groups is 2. The van der Waals surface area contributed by atoms with Crippen LogP contribution in [-0.4, -0.2) is 53.1 Å². The van der Waals surface area contributed by atoms with Gasteiger partial charge in [0.15, 0.2) is 0 Å². The molecule has 0 aliphatic carbocycles. The minimum atomic E-state index is -0.832. The van der Waals surface area contributed by atoms with E-state index in [1.54, 1.807) is 18.2 Å². The van der Waals surface area contributed by atoms with Crippen LogP contribution in [0.1, 0.15) is 24.8 Å². The molecule has 3 N–H and O–H groups in total. The third kappa shape index (κ3) is 7.71. The van der Waals surface area contributed by atoms with Crippen LogP contribution in [0.3, 0.4) is 0 Å². The van der Waals surface area contributed by atoms with Crippen molar-refractivity contribution in [3.8, 4) is 28.4 Å². The molecule has 0 unspecified atom stereocenters. The number of hydrogen-bond donors (Lipinski definition) is 2. The predicted octanol–water partition coefficient (Wildman–Crippen LogP) is 4.16. The van der Waals surface area contributed by atoms with Crippen LogP contribution in [0.15, 0.2) is 72.8 Å². The maximum absolute atomic E-state index is 11.4. The topological polar surface area (TPSA) is 98.9 Å². The minimum absolute atomic E-state index is 0. The first-order valence-corrected chi connectivity index (χ1v) is 10.1. The van der Waals surface area contributed by atoms with Gasteiger partial charge in [0.2, 0.25) is 5.91 Å². The fraction of sp³-hybridized carbons (Fsp3) is 0.200. The monoisotopic (exact) mass is 443 g/mol. The molecule has 0 aliphatic heterocycles. The molecule has 1 amide bonds. The zero-order valence-corrected chi connectivity index (χ0v) is 17.1. The Hall–Kier alpha value is -2.80. The molecule has 3 aromatic carbocycles. The summed E-state index contributed by atoms with van der Waals surface area (Å²) in [5, 5.41) is 8.75. The number of hydrogen-bond acceptors (Lipinski definition) is 4. The van der Waals surface area contributed by atoms with Gasteiger partial charge in [0, 0.05) is 23.6 Å². The van der Waals surface area contributed by atoms with Crippen LogP contribution in [0.25, 0.3) is 11.1 Å². The fourth-order valence-corrected chi connectivity index (χ4v) is 3.17. The third-order valence-electron chi connectivity index (χ3n) is 4.65. The first kappa shape index (κ1) is 25.5. The van der Waals surface area contributed by atoms with Gasteiger partial charge in [-0.05, 0) is 30.5 Å². The molecule has 0 radical (unpaired) electrons. The van der Waals surface area contributed by atoms with Crippen LogP contribution in [0.5, 0.6) is 17.2 Å². The number of primary amides is 1. The Bertz CT molecular complexity index is 1040. The van der Waals surface area contributed by atoms with E-state index in [4.69, 9.17) is 20.3 Å². The van der Waals surface area contributed by atoms with Gasteiger partial charge in [0.1, 0.15) is 17.2 Å². The van der Waals surface area contributed by atoms with Gasteiger partial charge in [0.05, 0.1) is 13.0 Å². The van der Waals surface area contributed by atoms with Crippen molar-refractivity contribution in [3.05, 3.63) is 78.4 Å². The van der Waals surface area contributed by atoms with Gasteiger partial charge >= 0.3 is 35.5 Å². The van der Waals surface area contributed by atoms with Gasteiger partial charge in [0.25, 0.3) is 0 Å². The number of aliphatic carboxylic acids is 1. The SMILES string of the molecule is NC(=O)Cc1ccc(Oc2ccccc2-c2ccccc2)cc1OCCCCC(=O)O.[NaH]. The molecule has 162 valence electrons. The van der Waals surface area contributed by atoms with Crippen LogP contribution in [0, 0.1) is 0 Å². The number of carboxylic acids is 1. The van der Waals surface area contributed by atoms with Gasteiger partial charge < -0.3 is 20.3 Å². The van der Waals surface area contributed by atoms with Crippen molar-refractivity contribution in [2.75, 3.05) is 6.61 Å². The average Bonchev–Trinajstić information content (AvgIpc) is 2.75. The molecule has 0 atom stereocenters. The summed E-state index contributed by atoms with van der Waals surface area (Å²) in [6.07, 6.45) is 1.24. The molecular weight excluding hydrogens is 417 g/mol. The Kier molecular flexibility index (Phi) is 10.3. The zero-order valence-electron chi connectivity index (χ0n) is 17.1. The molecule has 7 heteroatoms. The summed E-state index contributed by atoms with van der Waals surface area (Å²) in [5.41, 5.74) is 8.02. The molecular formula is C25H26NNaO5. The molecule has 0 fully saturated rings. The van der Waals surface area contributed by atoms with E-state index >= 15 is 0 Å². The molecule has 0 heterocycles. The Balaban J connectivity index is 0.00000363. The zero-order chi connectivity index (χ0) is 22.1. The van der Waals surface area contributed by atoms with Gasteiger partial charge in [-0.25, -0.2) is 0 Å². The van der Waals surface area contributed by atoms with Crippen LogP contribution in [0.4, 0.5) is 0 Å². The van der Waals surface area contributed by atoms with Crippen molar-refractivity contribution in [1.82, 2.24) is 0 Å². The van der Waals surface area contributed by atoms with E-state index < -0.39 is 11.9 Å². The number of ether oxygens (including phenoxy) is 2. The summed E-state index contributed by atoms with van der Waals surface area (Å²) in [6.45, 7) is 0.336. The van der Waals surface area contributed by atoms with Crippen LogP contribution in [0.2, 0.25) is 0 Å². The molecule has 3 aromatic rings. The fourth-order valence-electron chi connectivity index (χ4n) is 3.17. The Morgan fingerprint density at radius 1 is 0.875 bits per heavy atom. The molecule has 0 aromatic heterocycles. The number of amides is 1. The van der Waals surface area contributed by atoms with Crippen LogP contribution >= 0.6 is 0 Å². The number of para-hydroxylation sites is 1. The Morgan fingerprint density at radius 3 is 2.31 bits per heavy atom. The molecule has 0 aliphatic rings. The van der Waals surface area contributed by atoms with Crippen LogP contribution in [-0.2, 0) is 16.0 Å². The summed E-state index contributed by atoms with van der Waals surface area (Å²) in [4.78, 5) is 22.1. The van der Waals surface area contributed by atoms with Crippen LogP contribution < -0.4 is 15.2 Å². The van der Waals surface area contributed by atoms with E-state index in [0.717, 1.165) is 11.1 Å². The predicted molar refractivity (Wildman–Crippen MR) is 125 cm³/mol. The Labute approximate surface area is 209 Å². The third-order valence-corrected chi connectivity index (χ3v) is 4.65. The van der Waals surface area contributed by atoms with Gasteiger partial charge in [-0.15, -0.1) is 0 Å². The molecule has 6 nitrogen and oxygen atoms in total. The molecule has 0 bridgehead atoms. The Morgan fingerprint density at radius 2 is 1.59 bits per heavy atom. The second-order valence-corrected chi connectivity index (χ2v) is 7.08. The second kappa shape index (κ2) is 12.9. The van der Waals surface area contributed by atoms with Crippen molar-refractivity contribution in [2.24, 2.45) is 5.73 Å². The normalized spacial score (nSPS) is 10.1. The van der Waals surface area contributed by atoms with Gasteiger partial charge in [-0.1, -0.05) is 54.6 Å². The van der Waals surface area contributed by atoms with Crippen molar-refractivity contribution < 1.29 is 24.2 Å². The van der Waals surface area contributed by atoms with Crippen molar-refractivity contribution >= 4 is 41.4 Å². The van der Waals surface area contributed by atoms with Gasteiger partial charge in [-0.3, -0.25) is 9.59 Å². The number of benzene rings is 3. The first-order valence-electron chi connectivity index (χ1n) is 10.1. The van der Waals surface area contributed by atoms with E-state index in [9.17, 15) is 9.59 Å². The number of carbonyl (C=O) groups excluding carboxylic acids is 1. The summed E-state index contributed by atoms with van der Waals surface area (Å²) < 4.78 is 12.0. The molecule has 3 rings (SSSR count). The summed E-state index contributed by atoms with van der Waals surface area (Å²) in [5.74, 6) is 0.477. The average molecular weight is 443 g/mol. The standard InChI is InChI=1S/C25H25NO5.Na.H/c26-24(27)16-19-13-14-20(17-23(19)30-15-7-6-12-25(28)29)31-22-11-5-4-10-21(22)18-8-2-1-3-9-18;;/h1-5,8-11,13-14,17H,6-7,12,15-16H2,(H2,26,27)(H,28,29);;. The number of nitrogens with two attached hydrogens (primary N) is 1. The summed E-state index contributed by atoms with van der Waals surface area (Å²) >= 11 is 0. The van der Waals surface area contributed by atoms with Crippen molar-refractivity contribution in [1.29, 1.82) is 0 Å². The van der Waals surface area contributed by atoms with Crippen molar-refractivity contribution in [3.63, 3.8) is 0 Å². The van der Waals surface area contributed by atoms with E-state index in [1.165, 1.54) is 0 Å². The first-order chi connectivity index (χ1) is 15.0. The van der Waals surface area contributed by atoms with Crippen molar-refractivity contribution in [2.45, 2.75) is 25.7 Å². The summed E-state index contributed by atoms with van der Waals surface area (Å²) in [6, 6.07) is 23.0. The number of rotatable bonds is 11. The van der Waals surface area contributed by atoms with E-state index in [0.29, 0.717) is 42.3 Å².